The Kier molecular flexibility index (Phi) is 5.37. The van der Waals surface area contributed by atoms with Gasteiger partial charge in [0.1, 0.15) is 11.5 Å². The summed E-state index contributed by atoms with van der Waals surface area (Å²) in [6.45, 7) is 4.29. The van der Waals surface area contributed by atoms with Gasteiger partial charge in [-0.3, -0.25) is 5.10 Å². The summed E-state index contributed by atoms with van der Waals surface area (Å²) < 4.78 is 14.9. The van der Waals surface area contributed by atoms with E-state index in [2.05, 4.69) is 91.4 Å². The summed E-state index contributed by atoms with van der Waals surface area (Å²) in [7, 11) is 4.17. The number of halogens is 1. The molecule has 7 nitrogen and oxygen atoms in total. The summed E-state index contributed by atoms with van der Waals surface area (Å²) in [5.74, 6) is 0.393. The first-order valence-electron chi connectivity index (χ1n) is 11.9. The lowest BCUT2D eigenvalue weighted by Crippen LogP contribution is -2.44. The van der Waals surface area contributed by atoms with Gasteiger partial charge in [-0.1, -0.05) is 30.3 Å². The molecule has 0 spiro atoms. The Bertz CT molecular complexity index is 1480. The molecule has 0 bridgehead atoms. The van der Waals surface area contributed by atoms with Gasteiger partial charge in [-0.05, 0) is 36.9 Å². The average molecular weight is 470 g/mol. The zero-order valence-corrected chi connectivity index (χ0v) is 19.9. The summed E-state index contributed by atoms with van der Waals surface area (Å²) in [4.78, 5) is 14.6. The molecule has 0 radical (unpaired) electrons. The maximum absolute atomic E-state index is 14.9. The highest BCUT2D eigenvalue weighted by molar-refractivity contribution is 5.95. The van der Waals surface area contributed by atoms with Crippen LogP contribution in [0.15, 0.2) is 60.7 Å². The van der Waals surface area contributed by atoms with E-state index in [9.17, 15) is 4.39 Å². The van der Waals surface area contributed by atoms with Crippen LogP contribution >= 0.6 is 0 Å². The van der Waals surface area contributed by atoms with Crippen molar-refractivity contribution in [2.24, 2.45) is 0 Å². The maximum atomic E-state index is 14.9. The van der Waals surface area contributed by atoms with Crippen molar-refractivity contribution in [1.82, 2.24) is 25.1 Å². The smallest absolute Gasteiger partial charge is 0.159 e. The van der Waals surface area contributed by atoms with Crippen molar-refractivity contribution in [1.29, 1.82) is 0 Å². The van der Waals surface area contributed by atoms with Gasteiger partial charge in [0.05, 0.1) is 22.2 Å². The Morgan fingerprint density at radius 2 is 1.77 bits per heavy atom. The van der Waals surface area contributed by atoms with Crippen LogP contribution in [0.3, 0.4) is 0 Å². The molecular formula is C27H28FN7. The Labute approximate surface area is 203 Å². The highest BCUT2D eigenvalue weighted by Gasteiger charge is 2.20. The fraction of sp³-hybridized carbons (Fsp3) is 0.259. The number of rotatable bonds is 5. The van der Waals surface area contributed by atoms with Crippen LogP contribution in [0.5, 0.6) is 0 Å². The number of nitrogens with one attached hydrogen (secondary N) is 2. The van der Waals surface area contributed by atoms with E-state index in [4.69, 9.17) is 0 Å². The van der Waals surface area contributed by atoms with Crippen molar-refractivity contribution in [3.8, 4) is 11.5 Å². The minimum absolute atomic E-state index is 0.238. The van der Waals surface area contributed by atoms with Crippen LogP contribution in [0.4, 0.5) is 15.8 Å². The number of aromatic nitrogens is 4. The van der Waals surface area contributed by atoms with Gasteiger partial charge in [-0.15, -0.1) is 0 Å². The highest BCUT2D eigenvalue weighted by atomic mass is 19.1. The van der Waals surface area contributed by atoms with E-state index in [1.54, 1.807) is 0 Å². The summed E-state index contributed by atoms with van der Waals surface area (Å²) in [5, 5.41) is 8.66. The molecule has 1 aliphatic heterocycles. The summed E-state index contributed by atoms with van der Waals surface area (Å²) >= 11 is 0. The van der Waals surface area contributed by atoms with Crippen LogP contribution in [0, 0.1) is 5.82 Å². The topological polar surface area (TPSA) is 67.1 Å². The zero-order chi connectivity index (χ0) is 23.9. The van der Waals surface area contributed by atoms with Gasteiger partial charge in [-0.2, -0.15) is 5.10 Å². The van der Waals surface area contributed by atoms with E-state index >= 15 is 0 Å². The average Bonchev–Trinajstić information content (AvgIpc) is 3.47. The zero-order valence-electron chi connectivity index (χ0n) is 19.9. The van der Waals surface area contributed by atoms with Crippen molar-refractivity contribution >= 4 is 33.3 Å². The van der Waals surface area contributed by atoms with Gasteiger partial charge in [0.25, 0.3) is 0 Å². The number of H-pyrrole nitrogens is 2. The molecule has 3 aromatic carbocycles. The van der Waals surface area contributed by atoms with E-state index in [-0.39, 0.29) is 5.82 Å². The fourth-order valence-corrected chi connectivity index (χ4v) is 4.80. The molecule has 2 N–H and O–H groups in total. The lowest BCUT2D eigenvalue weighted by molar-refractivity contribution is 0.312. The van der Waals surface area contributed by atoms with Gasteiger partial charge in [0.15, 0.2) is 5.82 Å². The molecule has 35 heavy (non-hydrogen) atoms. The minimum Gasteiger partial charge on any atom is -0.370 e. The summed E-state index contributed by atoms with van der Waals surface area (Å²) in [5.41, 5.74) is 6.05. The van der Waals surface area contributed by atoms with E-state index in [1.165, 1.54) is 11.6 Å². The maximum Gasteiger partial charge on any atom is 0.159 e. The third-order valence-corrected chi connectivity index (χ3v) is 6.87. The van der Waals surface area contributed by atoms with E-state index < -0.39 is 0 Å². The minimum atomic E-state index is -0.238. The first-order valence-corrected chi connectivity index (χ1v) is 11.9. The number of fused-ring (bicyclic) bond motifs is 2. The normalized spacial score (nSPS) is 14.8. The Balaban J connectivity index is 1.29. The molecule has 6 rings (SSSR count). The van der Waals surface area contributed by atoms with Gasteiger partial charge < -0.3 is 19.7 Å². The molecule has 8 heteroatoms. The number of imidazole rings is 1. The molecule has 0 atom stereocenters. The van der Waals surface area contributed by atoms with Crippen molar-refractivity contribution in [3.63, 3.8) is 0 Å². The second-order valence-corrected chi connectivity index (χ2v) is 9.34. The standard InChI is InChI=1S/C27H28FN7/c1-33-10-12-35(13-11-33)25-16-24-23(15-21(25)28)29-27(30-24)26-20-9-8-19(14-22(20)31-32-26)34(2)17-18-6-4-3-5-7-18/h3-9,14-16H,10-13,17H2,1-2H3,(H,29,30)(H,31,32). The third kappa shape index (κ3) is 4.10. The predicted octanol–water partition coefficient (Wildman–Crippen LogP) is 4.63. The molecule has 178 valence electrons. The van der Waals surface area contributed by atoms with Crippen LogP contribution in [0.25, 0.3) is 33.5 Å². The lowest BCUT2D eigenvalue weighted by atomic mass is 10.1. The van der Waals surface area contributed by atoms with Crippen LogP contribution in [-0.4, -0.2) is 65.3 Å². The predicted molar refractivity (Wildman–Crippen MR) is 139 cm³/mol. The second-order valence-electron chi connectivity index (χ2n) is 9.34. The van der Waals surface area contributed by atoms with Crippen molar-refractivity contribution in [3.05, 3.63) is 72.0 Å². The SMILES string of the molecule is CN1CCN(c2cc3[nH]c(-c4n[nH]c5cc(N(C)Cc6ccccc6)ccc45)nc3cc2F)CC1. The molecule has 2 aromatic heterocycles. The number of aromatic amines is 2. The Hall–Kier alpha value is -3.91. The summed E-state index contributed by atoms with van der Waals surface area (Å²) in [6, 6.07) is 20.1. The number of hydrogen-bond donors (Lipinski definition) is 2. The molecule has 1 aliphatic rings. The first-order chi connectivity index (χ1) is 17.0. The van der Waals surface area contributed by atoms with Gasteiger partial charge in [0, 0.05) is 56.9 Å². The van der Waals surface area contributed by atoms with Gasteiger partial charge >= 0.3 is 0 Å². The molecule has 1 fully saturated rings. The molecule has 0 unspecified atom stereocenters. The van der Waals surface area contributed by atoms with Gasteiger partial charge in [0.2, 0.25) is 0 Å². The molecule has 3 heterocycles. The Morgan fingerprint density at radius 3 is 2.57 bits per heavy atom. The van der Waals surface area contributed by atoms with Gasteiger partial charge in [-0.25, -0.2) is 9.37 Å². The van der Waals surface area contributed by atoms with E-state index in [0.29, 0.717) is 17.0 Å². The molecular weight excluding hydrogens is 441 g/mol. The molecule has 5 aromatic rings. The number of likely N-dealkylation sites (N-methyl/N-ethyl adjacent to an activating group) is 1. The number of benzene rings is 3. The highest BCUT2D eigenvalue weighted by Crippen LogP contribution is 2.31. The number of piperazine rings is 1. The number of nitrogens with zero attached hydrogens (tertiary/aromatic N) is 5. The number of anilines is 2. The van der Waals surface area contributed by atoms with E-state index in [1.807, 2.05) is 12.1 Å². The van der Waals surface area contributed by atoms with E-state index in [0.717, 1.165) is 60.5 Å². The monoisotopic (exact) mass is 469 g/mol. The van der Waals surface area contributed by atoms with Crippen LogP contribution < -0.4 is 9.80 Å². The third-order valence-electron chi connectivity index (χ3n) is 6.87. The quantitative estimate of drug-likeness (QED) is 0.393. The van der Waals surface area contributed by atoms with Crippen molar-refractivity contribution in [2.75, 3.05) is 50.1 Å². The van der Waals surface area contributed by atoms with Crippen LogP contribution in [0.1, 0.15) is 5.56 Å². The van der Waals surface area contributed by atoms with Crippen LogP contribution in [-0.2, 0) is 6.54 Å². The van der Waals surface area contributed by atoms with Crippen molar-refractivity contribution < 1.29 is 4.39 Å². The fourth-order valence-electron chi connectivity index (χ4n) is 4.80. The second kappa shape index (κ2) is 8.70. The Morgan fingerprint density at radius 1 is 0.971 bits per heavy atom. The van der Waals surface area contributed by atoms with Crippen LogP contribution in [0.2, 0.25) is 0 Å². The largest absolute Gasteiger partial charge is 0.370 e. The lowest BCUT2D eigenvalue weighted by Gasteiger charge is -2.34. The molecule has 0 amide bonds. The summed E-state index contributed by atoms with van der Waals surface area (Å²) in [6.07, 6.45) is 0. The van der Waals surface area contributed by atoms with Crippen molar-refractivity contribution in [2.45, 2.75) is 6.54 Å². The number of hydrogen-bond acceptors (Lipinski definition) is 5. The first kappa shape index (κ1) is 21.6. The molecule has 0 aliphatic carbocycles. The molecule has 0 saturated carbocycles. The molecule has 1 saturated heterocycles.